The van der Waals surface area contributed by atoms with Gasteiger partial charge in [0.1, 0.15) is 0 Å². The van der Waals surface area contributed by atoms with E-state index in [1.807, 2.05) is 0 Å². The van der Waals surface area contributed by atoms with Crippen LogP contribution in [0.2, 0.25) is 0 Å². The highest BCUT2D eigenvalue weighted by Crippen LogP contribution is 2.34. The van der Waals surface area contributed by atoms with E-state index < -0.39 is 11.6 Å². The molecule has 4 heteroatoms. The smallest absolute Gasteiger partial charge is 0.162 e. The summed E-state index contributed by atoms with van der Waals surface area (Å²) in [5.41, 5.74) is 0.447. The lowest BCUT2D eigenvalue weighted by Gasteiger charge is -2.37. The maximum Gasteiger partial charge on any atom is 0.162 e. The van der Waals surface area contributed by atoms with Crippen LogP contribution in [0.1, 0.15) is 25.3 Å². The molecular formula is C15H21F2NO. The normalized spacial score (nSPS) is 18.5. The third kappa shape index (κ3) is 3.51. The second kappa shape index (κ2) is 6.44. The minimum atomic E-state index is -0.761. The van der Waals surface area contributed by atoms with E-state index >= 15 is 0 Å². The van der Waals surface area contributed by atoms with Crippen molar-refractivity contribution >= 4 is 0 Å². The lowest BCUT2D eigenvalue weighted by molar-refractivity contribution is 0.0147. The number of hydrogen-bond acceptors (Lipinski definition) is 2. The molecule has 0 radical (unpaired) electrons. The van der Waals surface area contributed by atoms with Gasteiger partial charge in [0.15, 0.2) is 11.6 Å². The number of rotatable bonds is 5. The first kappa shape index (κ1) is 14.4. The number of nitrogens with one attached hydrogen (secondary N) is 1. The Morgan fingerprint density at radius 2 is 2.00 bits per heavy atom. The summed E-state index contributed by atoms with van der Waals surface area (Å²) in [7, 11) is 0. The van der Waals surface area contributed by atoms with Crippen molar-refractivity contribution in [3.05, 3.63) is 35.4 Å². The summed E-state index contributed by atoms with van der Waals surface area (Å²) in [5.74, 6) is -1.46. The summed E-state index contributed by atoms with van der Waals surface area (Å²) in [5, 5.41) is 3.34. The molecule has 1 fully saturated rings. The van der Waals surface area contributed by atoms with Gasteiger partial charge in [0.05, 0.1) is 0 Å². The Balaban J connectivity index is 2.17. The largest absolute Gasteiger partial charge is 0.381 e. The van der Waals surface area contributed by atoms with E-state index in [9.17, 15) is 8.78 Å². The Labute approximate surface area is 113 Å². The molecular weight excluding hydrogens is 248 g/mol. The fourth-order valence-corrected chi connectivity index (χ4v) is 2.70. The Hall–Kier alpha value is -1.00. The number of ether oxygens (including phenoxy) is 1. The molecule has 0 aliphatic carbocycles. The van der Waals surface area contributed by atoms with Crippen molar-refractivity contribution in [3.8, 4) is 0 Å². The average Bonchev–Trinajstić information content (AvgIpc) is 2.43. The molecule has 1 aliphatic heterocycles. The van der Waals surface area contributed by atoms with Crippen molar-refractivity contribution in [3.63, 3.8) is 0 Å². The molecule has 1 N–H and O–H groups in total. The lowest BCUT2D eigenvalue weighted by Crippen LogP contribution is -2.41. The van der Waals surface area contributed by atoms with Crippen LogP contribution in [0, 0.1) is 17.0 Å². The Kier molecular flexibility index (Phi) is 4.88. The zero-order chi connectivity index (χ0) is 13.7. The molecule has 1 saturated heterocycles. The van der Waals surface area contributed by atoms with Crippen LogP contribution >= 0.6 is 0 Å². The van der Waals surface area contributed by atoms with Crippen molar-refractivity contribution in [1.29, 1.82) is 0 Å². The highest BCUT2D eigenvalue weighted by molar-refractivity contribution is 5.21. The van der Waals surface area contributed by atoms with Crippen LogP contribution < -0.4 is 5.32 Å². The molecule has 0 atom stereocenters. The molecule has 1 aromatic carbocycles. The van der Waals surface area contributed by atoms with Crippen molar-refractivity contribution < 1.29 is 13.5 Å². The van der Waals surface area contributed by atoms with Crippen LogP contribution in [-0.4, -0.2) is 26.3 Å². The molecule has 2 nitrogen and oxygen atoms in total. The first-order chi connectivity index (χ1) is 9.17. The zero-order valence-corrected chi connectivity index (χ0v) is 11.3. The predicted octanol–water partition coefficient (Wildman–Crippen LogP) is 2.91. The average molecular weight is 269 g/mol. The van der Waals surface area contributed by atoms with Crippen molar-refractivity contribution in [2.24, 2.45) is 5.41 Å². The van der Waals surface area contributed by atoms with Crippen LogP contribution in [-0.2, 0) is 11.2 Å². The molecule has 106 valence electrons. The fourth-order valence-electron chi connectivity index (χ4n) is 2.70. The summed E-state index contributed by atoms with van der Waals surface area (Å²) < 4.78 is 32.5. The summed E-state index contributed by atoms with van der Waals surface area (Å²) in [4.78, 5) is 0. The Bertz CT molecular complexity index is 417. The van der Waals surface area contributed by atoms with E-state index in [1.54, 1.807) is 12.1 Å². The van der Waals surface area contributed by atoms with E-state index in [4.69, 9.17) is 4.74 Å². The van der Waals surface area contributed by atoms with Gasteiger partial charge in [-0.25, -0.2) is 8.78 Å². The van der Waals surface area contributed by atoms with Crippen LogP contribution in [0.4, 0.5) is 8.78 Å². The second-order valence-electron chi connectivity index (χ2n) is 5.28. The van der Waals surface area contributed by atoms with E-state index in [2.05, 4.69) is 12.2 Å². The summed E-state index contributed by atoms with van der Waals surface area (Å²) in [6.45, 7) is 5.15. The van der Waals surface area contributed by atoms with Gasteiger partial charge >= 0.3 is 0 Å². The zero-order valence-electron chi connectivity index (χ0n) is 11.3. The topological polar surface area (TPSA) is 21.3 Å². The SMILES string of the molecule is CCNCC1(Cc2cccc(F)c2F)CCOCC1. The second-order valence-corrected chi connectivity index (χ2v) is 5.28. The minimum absolute atomic E-state index is 0.0249. The van der Waals surface area contributed by atoms with Gasteiger partial charge in [0.25, 0.3) is 0 Å². The molecule has 0 unspecified atom stereocenters. The van der Waals surface area contributed by atoms with E-state index in [1.165, 1.54) is 6.07 Å². The highest BCUT2D eigenvalue weighted by Gasteiger charge is 2.33. The van der Waals surface area contributed by atoms with Gasteiger partial charge in [0.2, 0.25) is 0 Å². The van der Waals surface area contributed by atoms with Gasteiger partial charge in [-0.3, -0.25) is 0 Å². The molecule has 0 bridgehead atoms. The lowest BCUT2D eigenvalue weighted by atomic mass is 9.75. The molecule has 1 aliphatic rings. The van der Waals surface area contributed by atoms with Crippen LogP contribution in [0.25, 0.3) is 0 Å². The van der Waals surface area contributed by atoms with Crippen LogP contribution in [0.15, 0.2) is 18.2 Å². The van der Waals surface area contributed by atoms with E-state index in [0.717, 1.165) is 25.9 Å². The van der Waals surface area contributed by atoms with Gasteiger partial charge in [-0.05, 0) is 42.9 Å². The Morgan fingerprint density at radius 3 is 2.68 bits per heavy atom. The molecule has 0 spiro atoms. The molecule has 0 amide bonds. The molecule has 0 saturated carbocycles. The van der Waals surface area contributed by atoms with Crippen molar-refractivity contribution in [1.82, 2.24) is 5.32 Å². The first-order valence-corrected chi connectivity index (χ1v) is 6.88. The van der Waals surface area contributed by atoms with E-state index in [0.29, 0.717) is 25.2 Å². The number of benzene rings is 1. The predicted molar refractivity (Wildman–Crippen MR) is 71.1 cm³/mol. The van der Waals surface area contributed by atoms with Crippen LogP contribution in [0.3, 0.4) is 0 Å². The van der Waals surface area contributed by atoms with Crippen molar-refractivity contribution in [2.45, 2.75) is 26.2 Å². The maximum atomic E-state index is 13.8. The molecule has 1 heterocycles. The van der Waals surface area contributed by atoms with Gasteiger partial charge in [-0.15, -0.1) is 0 Å². The van der Waals surface area contributed by atoms with E-state index in [-0.39, 0.29) is 5.41 Å². The first-order valence-electron chi connectivity index (χ1n) is 6.88. The minimum Gasteiger partial charge on any atom is -0.381 e. The Morgan fingerprint density at radius 1 is 1.26 bits per heavy atom. The molecule has 0 aromatic heterocycles. The fraction of sp³-hybridized carbons (Fsp3) is 0.600. The molecule has 1 aromatic rings. The molecule has 19 heavy (non-hydrogen) atoms. The summed E-state index contributed by atoms with van der Waals surface area (Å²) in [6.07, 6.45) is 2.33. The number of halogens is 2. The summed E-state index contributed by atoms with van der Waals surface area (Å²) in [6, 6.07) is 4.43. The van der Waals surface area contributed by atoms with Gasteiger partial charge in [0, 0.05) is 19.8 Å². The van der Waals surface area contributed by atoms with Crippen molar-refractivity contribution in [2.75, 3.05) is 26.3 Å². The maximum absolute atomic E-state index is 13.8. The summed E-state index contributed by atoms with van der Waals surface area (Å²) >= 11 is 0. The van der Waals surface area contributed by atoms with Gasteiger partial charge < -0.3 is 10.1 Å². The quantitative estimate of drug-likeness (QED) is 0.887. The number of hydrogen-bond donors (Lipinski definition) is 1. The highest BCUT2D eigenvalue weighted by atomic mass is 19.2. The monoisotopic (exact) mass is 269 g/mol. The standard InChI is InChI=1S/C15H21F2NO/c1-2-18-11-15(6-8-19-9-7-15)10-12-4-3-5-13(16)14(12)17/h3-5,18H,2,6-11H2,1H3. The van der Waals surface area contributed by atoms with Gasteiger partial charge in [-0.2, -0.15) is 0 Å². The molecule has 2 rings (SSSR count). The van der Waals surface area contributed by atoms with Crippen LogP contribution in [0.5, 0.6) is 0 Å². The van der Waals surface area contributed by atoms with Gasteiger partial charge in [-0.1, -0.05) is 19.1 Å². The third-order valence-corrected chi connectivity index (χ3v) is 3.90. The third-order valence-electron chi connectivity index (χ3n) is 3.90.